The van der Waals surface area contributed by atoms with Gasteiger partial charge in [0, 0.05) is 35.3 Å². The Bertz CT molecular complexity index is 988. The summed E-state index contributed by atoms with van der Waals surface area (Å²) in [5, 5.41) is 2.85. The topological polar surface area (TPSA) is 93.7 Å². The SMILES string of the molecule is CCOc1cc2c(cc1CNC(=O)c1cccc(NS(C)(=O)=O)c1)OC(C)C2. The number of nitrogens with one attached hydrogen (secondary N) is 2. The third kappa shape index (κ3) is 4.95. The van der Waals surface area contributed by atoms with E-state index in [0.717, 1.165) is 35.3 Å². The number of hydrogen-bond donors (Lipinski definition) is 2. The Hall–Kier alpha value is -2.74. The summed E-state index contributed by atoms with van der Waals surface area (Å²) >= 11 is 0. The number of anilines is 1. The quantitative estimate of drug-likeness (QED) is 0.740. The lowest BCUT2D eigenvalue weighted by Gasteiger charge is -2.14. The Balaban J connectivity index is 1.74. The predicted octanol–water partition coefficient (Wildman–Crippen LogP) is 2.71. The van der Waals surface area contributed by atoms with E-state index >= 15 is 0 Å². The van der Waals surface area contributed by atoms with Crippen molar-refractivity contribution < 1.29 is 22.7 Å². The second-order valence-corrected chi connectivity index (χ2v) is 8.52. The number of hydrogen-bond acceptors (Lipinski definition) is 5. The zero-order valence-corrected chi connectivity index (χ0v) is 16.9. The number of rotatable bonds is 7. The van der Waals surface area contributed by atoms with Crippen molar-refractivity contribution in [1.82, 2.24) is 5.32 Å². The van der Waals surface area contributed by atoms with Crippen molar-refractivity contribution in [2.45, 2.75) is 32.9 Å². The minimum atomic E-state index is -3.41. The average Bonchev–Trinajstić information content (AvgIpc) is 2.97. The fraction of sp³-hybridized carbons (Fsp3) is 0.350. The Morgan fingerprint density at radius 1 is 1.29 bits per heavy atom. The highest BCUT2D eigenvalue weighted by atomic mass is 32.2. The van der Waals surface area contributed by atoms with Crippen molar-refractivity contribution in [2.24, 2.45) is 0 Å². The van der Waals surface area contributed by atoms with Gasteiger partial charge in [0.25, 0.3) is 5.91 Å². The van der Waals surface area contributed by atoms with Crippen molar-refractivity contribution in [3.05, 3.63) is 53.1 Å². The van der Waals surface area contributed by atoms with Crippen molar-refractivity contribution in [3.8, 4) is 11.5 Å². The van der Waals surface area contributed by atoms with Crippen LogP contribution in [-0.4, -0.2) is 33.3 Å². The number of amides is 1. The molecular weight excluding hydrogens is 380 g/mol. The molecular formula is C20H24N2O5S. The molecule has 150 valence electrons. The van der Waals surface area contributed by atoms with Gasteiger partial charge in [-0.1, -0.05) is 6.07 Å². The van der Waals surface area contributed by atoms with Gasteiger partial charge in [0.15, 0.2) is 0 Å². The molecule has 8 heteroatoms. The number of ether oxygens (including phenoxy) is 2. The standard InChI is InChI=1S/C20H24N2O5S/c1-4-26-18-10-15-8-13(2)27-19(15)11-16(18)12-21-20(23)14-6-5-7-17(9-14)22-28(3,24)25/h5-7,9-11,13,22H,4,8,12H2,1-3H3,(H,21,23). The molecule has 3 rings (SSSR count). The molecule has 1 aliphatic heterocycles. The van der Waals surface area contributed by atoms with Gasteiger partial charge in [-0.05, 0) is 44.2 Å². The molecule has 1 amide bonds. The molecule has 2 aromatic carbocycles. The van der Waals surface area contributed by atoms with Crippen LogP contribution >= 0.6 is 0 Å². The van der Waals surface area contributed by atoms with E-state index in [-0.39, 0.29) is 18.6 Å². The highest BCUT2D eigenvalue weighted by Crippen LogP contribution is 2.35. The molecule has 1 atom stereocenters. The first kappa shape index (κ1) is 20.0. The molecule has 0 saturated carbocycles. The molecule has 28 heavy (non-hydrogen) atoms. The summed E-state index contributed by atoms with van der Waals surface area (Å²) in [5.74, 6) is 1.24. The van der Waals surface area contributed by atoms with E-state index < -0.39 is 10.0 Å². The minimum absolute atomic E-state index is 0.124. The number of fused-ring (bicyclic) bond motifs is 1. The minimum Gasteiger partial charge on any atom is -0.494 e. The normalized spacial score (nSPS) is 15.5. The number of benzene rings is 2. The molecule has 2 aromatic rings. The smallest absolute Gasteiger partial charge is 0.251 e. The second-order valence-electron chi connectivity index (χ2n) is 6.77. The maximum absolute atomic E-state index is 12.5. The molecule has 0 fully saturated rings. The molecule has 0 aliphatic carbocycles. The predicted molar refractivity (Wildman–Crippen MR) is 107 cm³/mol. The summed E-state index contributed by atoms with van der Waals surface area (Å²) < 4.78 is 36.6. The van der Waals surface area contributed by atoms with Crippen molar-refractivity contribution in [1.29, 1.82) is 0 Å². The largest absolute Gasteiger partial charge is 0.494 e. The van der Waals surface area contributed by atoms with Crippen LogP contribution in [0.5, 0.6) is 11.5 Å². The molecule has 1 aliphatic rings. The van der Waals surface area contributed by atoms with Gasteiger partial charge >= 0.3 is 0 Å². The molecule has 2 N–H and O–H groups in total. The van der Waals surface area contributed by atoms with Crippen LogP contribution in [0, 0.1) is 0 Å². The molecule has 0 bridgehead atoms. The van der Waals surface area contributed by atoms with Gasteiger partial charge in [-0.15, -0.1) is 0 Å². The van der Waals surface area contributed by atoms with Gasteiger partial charge in [-0.25, -0.2) is 8.42 Å². The first-order valence-electron chi connectivity index (χ1n) is 9.06. The first-order chi connectivity index (χ1) is 13.2. The third-order valence-electron chi connectivity index (χ3n) is 4.25. The van der Waals surface area contributed by atoms with Crippen LogP contribution in [-0.2, 0) is 23.0 Å². The van der Waals surface area contributed by atoms with Gasteiger partial charge in [0.05, 0.1) is 12.9 Å². The lowest BCUT2D eigenvalue weighted by Crippen LogP contribution is -2.23. The Morgan fingerprint density at radius 3 is 2.79 bits per heavy atom. The summed E-state index contributed by atoms with van der Waals surface area (Å²) in [6.45, 7) is 4.71. The summed E-state index contributed by atoms with van der Waals surface area (Å²) in [7, 11) is -3.41. The zero-order chi connectivity index (χ0) is 20.3. The van der Waals surface area contributed by atoms with Gasteiger partial charge in [-0.3, -0.25) is 9.52 Å². The van der Waals surface area contributed by atoms with Crippen LogP contribution in [0.1, 0.15) is 35.3 Å². The molecule has 0 radical (unpaired) electrons. The summed E-state index contributed by atoms with van der Waals surface area (Å²) in [6.07, 6.45) is 2.02. The highest BCUT2D eigenvalue weighted by molar-refractivity contribution is 7.92. The number of carbonyl (C=O) groups is 1. The average molecular weight is 404 g/mol. The fourth-order valence-corrected chi connectivity index (χ4v) is 3.68. The van der Waals surface area contributed by atoms with Crippen LogP contribution in [0.3, 0.4) is 0 Å². The number of sulfonamides is 1. The molecule has 7 nitrogen and oxygen atoms in total. The van der Waals surface area contributed by atoms with E-state index in [9.17, 15) is 13.2 Å². The van der Waals surface area contributed by atoms with E-state index in [1.165, 1.54) is 6.07 Å². The Kier molecular flexibility index (Phi) is 5.79. The highest BCUT2D eigenvalue weighted by Gasteiger charge is 2.22. The maximum atomic E-state index is 12.5. The fourth-order valence-electron chi connectivity index (χ4n) is 3.13. The molecule has 1 unspecified atom stereocenters. The van der Waals surface area contributed by atoms with Crippen LogP contribution in [0.15, 0.2) is 36.4 Å². The lowest BCUT2D eigenvalue weighted by atomic mass is 10.1. The van der Waals surface area contributed by atoms with Crippen molar-refractivity contribution in [3.63, 3.8) is 0 Å². The van der Waals surface area contributed by atoms with E-state index in [1.54, 1.807) is 18.2 Å². The van der Waals surface area contributed by atoms with Crippen LogP contribution in [0.25, 0.3) is 0 Å². The van der Waals surface area contributed by atoms with Gasteiger partial charge < -0.3 is 14.8 Å². The monoisotopic (exact) mass is 404 g/mol. The van der Waals surface area contributed by atoms with Gasteiger partial charge in [-0.2, -0.15) is 0 Å². The Morgan fingerprint density at radius 2 is 2.07 bits per heavy atom. The van der Waals surface area contributed by atoms with Gasteiger partial charge in [0.2, 0.25) is 10.0 Å². The number of carbonyl (C=O) groups excluding carboxylic acids is 1. The Labute approximate surface area is 165 Å². The summed E-state index contributed by atoms with van der Waals surface area (Å²) in [4.78, 5) is 12.5. The van der Waals surface area contributed by atoms with Crippen LogP contribution in [0.4, 0.5) is 5.69 Å². The molecule has 0 spiro atoms. The van der Waals surface area contributed by atoms with E-state index in [1.807, 2.05) is 26.0 Å². The van der Waals surface area contributed by atoms with E-state index in [0.29, 0.717) is 17.9 Å². The zero-order valence-electron chi connectivity index (χ0n) is 16.1. The summed E-state index contributed by atoms with van der Waals surface area (Å²) in [6, 6.07) is 10.2. The first-order valence-corrected chi connectivity index (χ1v) is 11.0. The van der Waals surface area contributed by atoms with Crippen LogP contribution in [0.2, 0.25) is 0 Å². The molecule has 0 aromatic heterocycles. The second kappa shape index (κ2) is 8.10. The van der Waals surface area contributed by atoms with E-state index in [4.69, 9.17) is 9.47 Å². The third-order valence-corrected chi connectivity index (χ3v) is 4.85. The molecule has 1 heterocycles. The lowest BCUT2D eigenvalue weighted by molar-refractivity contribution is 0.0950. The van der Waals surface area contributed by atoms with E-state index in [2.05, 4.69) is 10.0 Å². The van der Waals surface area contributed by atoms with Crippen molar-refractivity contribution >= 4 is 21.6 Å². The summed E-state index contributed by atoms with van der Waals surface area (Å²) in [5.41, 5.74) is 2.63. The van der Waals surface area contributed by atoms with Gasteiger partial charge in [0.1, 0.15) is 17.6 Å². The van der Waals surface area contributed by atoms with Crippen LogP contribution < -0.4 is 19.5 Å². The maximum Gasteiger partial charge on any atom is 0.251 e. The van der Waals surface area contributed by atoms with Crippen molar-refractivity contribution in [2.75, 3.05) is 17.6 Å². The molecule has 0 saturated heterocycles.